The van der Waals surface area contributed by atoms with Gasteiger partial charge in [0.1, 0.15) is 10.6 Å². The van der Waals surface area contributed by atoms with Crippen LogP contribution in [0.25, 0.3) is 0 Å². The number of anilines is 1. The fraction of sp³-hybridized carbons (Fsp3) is 0.538. The molecule has 0 aromatic heterocycles. The summed E-state index contributed by atoms with van der Waals surface area (Å²) in [5.74, 6) is 0.290. The van der Waals surface area contributed by atoms with E-state index in [0.717, 1.165) is 0 Å². The molecule has 0 aliphatic carbocycles. The number of sulfonamides is 1. The minimum Gasteiger partial charge on any atom is -0.492 e. The summed E-state index contributed by atoms with van der Waals surface area (Å²) in [6.07, 6.45) is -0.202. The highest BCUT2D eigenvalue weighted by Gasteiger charge is 2.20. The lowest BCUT2D eigenvalue weighted by molar-refractivity contribution is 0.0799. The standard InChI is InChI=1S/C13H22N2O4S/c1-4-18-10(3)9-15-20(16,17)13-8-11(14)6-7-12(13)19-5-2/h6-8,10,15H,4-5,9,14H2,1-3H3. The van der Waals surface area contributed by atoms with Gasteiger partial charge in [-0.2, -0.15) is 0 Å². The summed E-state index contributed by atoms with van der Waals surface area (Å²) >= 11 is 0. The van der Waals surface area contributed by atoms with Gasteiger partial charge in [0.15, 0.2) is 0 Å². The van der Waals surface area contributed by atoms with E-state index in [1.165, 1.54) is 6.07 Å². The van der Waals surface area contributed by atoms with Gasteiger partial charge >= 0.3 is 0 Å². The Bertz CT molecular complexity index is 531. The molecule has 0 aliphatic heterocycles. The number of benzene rings is 1. The van der Waals surface area contributed by atoms with Gasteiger partial charge < -0.3 is 15.2 Å². The van der Waals surface area contributed by atoms with E-state index >= 15 is 0 Å². The van der Waals surface area contributed by atoms with Gasteiger partial charge in [0, 0.05) is 18.8 Å². The van der Waals surface area contributed by atoms with Crippen LogP contribution in [0, 0.1) is 0 Å². The molecular weight excluding hydrogens is 280 g/mol. The van der Waals surface area contributed by atoms with Crippen LogP contribution in [-0.4, -0.2) is 34.3 Å². The molecule has 1 unspecified atom stereocenters. The van der Waals surface area contributed by atoms with Gasteiger partial charge in [0.05, 0.1) is 12.7 Å². The van der Waals surface area contributed by atoms with Crippen molar-refractivity contribution in [2.75, 3.05) is 25.5 Å². The fourth-order valence-corrected chi connectivity index (χ4v) is 2.95. The molecule has 0 heterocycles. The van der Waals surface area contributed by atoms with E-state index in [9.17, 15) is 8.42 Å². The molecule has 3 N–H and O–H groups in total. The van der Waals surface area contributed by atoms with Gasteiger partial charge in [-0.05, 0) is 39.0 Å². The summed E-state index contributed by atoms with van der Waals surface area (Å²) in [4.78, 5) is 0.0445. The van der Waals surface area contributed by atoms with Crippen LogP contribution in [0.4, 0.5) is 5.69 Å². The van der Waals surface area contributed by atoms with Crippen molar-refractivity contribution in [3.05, 3.63) is 18.2 Å². The first-order valence-corrected chi connectivity index (χ1v) is 8.02. The average Bonchev–Trinajstić information content (AvgIpc) is 2.39. The molecule has 0 spiro atoms. The Hall–Kier alpha value is -1.31. The van der Waals surface area contributed by atoms with Crippen molar-refractivity contribution in [3.8, 4) is 5.75 Å². The molecule has 1 aromatic carbocycles. The molecule has 6 nitrogen and oxygen atoms in total. The Balaban J connectivity index is 2.93. The number of nitrogen functional groups attached to an aromatic ring is 1. The molecule has 0 fully saturated rings. The minimum absolute atomic E-state index is 0.0445. The van der Waals surface area contributed by atoms with E-state index in [1.807, 2.05) is 6.92 Å². The van der Waals surface area contributed by atoms with Crippen molar-refractivity contribution in [2.24, 2.45) is 0 Å². The van der Waals surface area contributed by atoms with Gasteiger partial charge in [0.2, 0.25) is 10.0 Å². The van der Waals surface area contributed by atoms with E-state index in [4.69, 9.17) is 15.2 Å². The van der Waals surface area contributed by atoms with E-state index in [-0.39, 0.29) is 17.5 Å². The van der Waals surface area contributed by atoms with Crippen LogP contribution in [0.1, 0.15) is 20.8 Å². The molecule has 0 radical (unpaired) electrons. The number of nitrogens with two attached hydrogens (primary N) is 1. The Morgan fingerprint density at radius 3 is 2.60 bits per heavy atom. The molecular formula is C13H22N2O4S. The monoisotopic (exact) mass is 302 g/mol. The summed E-state index contributed by atoms with van der Waals surface area (Å²) in [7, 11) is -3.68. The first-order chi connectivity index (χ1) is 9.40. The molecule has 114 valence electrons. The Morgan fingerprint density at radius 1 is 1.30 bits per heavy atom. The van der Waals surface area contributed by atoms with Crippen molar-refractivity contribution >= 4 is 15.7 Å². The summed E-state index contributed by atoms with van der Waals surface area (Å²) in [6.45, 7) is 6.55. The lowest BCUT2D eigenvalue weighted by Gasteiger charge is -2.15. The summed E-state index contributed by atoms with van der Waals surface area (Å²) in [5, 5.41) is 0. The molecule has 0 amide bonds. The fourth-order valence-electron chi connectivity index (χ4n) is 1.66. The van der Waals surface area contributed by atoms with Crippen LogP contribution in [0.5, 0.6) is 5.75 Å². The highest BCUT2D eigenvalue weighted by molar-refractivity contribution is 7.89. The molecule has 1 atom stereocenters. The topological polar surface area (TPSA) is 90.7 Å². The maximum atomic E-state index is 12.3. The molecule has 0 aliphatic rings. The largest absolute Gasteiger partial charge is 0.492 e. The van der Waals surface area contributed by atoms with Crippen molar-refractivity contribution in [1.82, 2.24) is 4.72 Å². The van der Waals surface area contributed by atoms with Crippen LogP contribution in [0.2, 0.25) is 0 Å². The Labute approximate surface area is 120 Å². The Kier molecular flexibility index (Phi) is 6.25. The lowest BCUT2D eigenvalue weighted by atomic mass is 10.3. The molecule has 1 rings (SSSR count). The predicted molar refractivity (Wildman–Crippen MR) is 78.3 cm³/mol. The molecule has 1 aromatic rings. The number of nitrogens with one attached hydrogen (secondary N) is 1. The summed E-state index contributed by atoms with van der Waals surface area (Å²) < 4.78 is 37.7. The van der Waals surface area contributed by atoms with E-state index in [0.29, 0.717) is 24.7 Å². The van der Waals surface area contributed by atoms with Gasteiger partial charge in [0.25, 0.3) is 0 Å². The van der Waals surface area contributed by atoms with Crippen molar-refractivity contribution < 1.29 is 17.9 Å². The molecule has 7 heteroatoms. The number of hydrogen-bond acceptors (Lipinski definition) is 5. The maximum absolute atomic E-state index is 12.3. The quantitative estimate of drug-likeness (QED) is 0.708. The van der Waals surface area contributed by atoms with Gasteiger partial charge in [-0.3, -0.25) is 0 Å². The highest BCUT2D eigenvalue weighted by Crippen LogP contribution is 2.26. The third-order valence-corrected chi connectivity index (χ3v) is 4.01. The molecule has 20 heavy (non-hydrogen) atoms. The van der Waals surface area contributed by atoms with Crippen LogP contribution in [-0.2, 0) is 14.8 Å². The van der Waals surface area contributed by atoms with Crippen LogP contribution in [0.3, 0.4) is 0 Å². The van der Waals surface area contributed by atoms with Crippen LogP contribution in [0.15, 0.2) is 23.1 Å². The number of ether oxygens (including phenoxy) is 2. The first kappa shape index (κ1) is 16.7. The van der Waals surface area contributed by atoms with Gasteiger partial charge in [-0.25, -0.2) is 13.1 Å². The van der Waals surface area contributed by atoms with Crippen LogP contribution < -0.4 is 15.2 Å². The second-order valence-electron chi connectivity index (χ2n) is 4.26. The van der Waals surface area contributed by atoms with Gasteiger partial charge in [-0.15, -0.1) is 0 Å². The molecule has 0 bridgehead atoms. The van der Waals surface area contributed by atoms with Crippen LogP contribution >= 0.6 is 0 Å². The SMILES string of the molecule is CCOc1ccc(N)cc1S(=O)(=O)NCC(C)OCC. The third-order valence-electron chi connectivity index (χ3n) is 2.57. The minimum atomic E-state index is -3.68. The highest BCUT2D eigenvalue weighted by atomic mass is 32.2. The molecule has 0 saturated heterocycles. The zero-order valence-corrected chi connectivity index (χ0v) is 12.9. The van der Waals surface area contributed by atoms with E-state index < -0.39 is 10.0 Å². The van der Waals surface area contributed by atoms with E-state index in [1.54, 1.807) is 26.0 Å². The van der Waals surface area contributed by atoms with Gasteiger partial charge in [-0.1, -0.05) is 0 Å². The number of hydrogen-bond donors (Lipinski definition) is 2. The zero-order valence-electron chi connectivity index (χ0n) is 12.0. The second kappa shape index (κ2) is 7.47. The summed E-state index contributed by atoms with van der Waals surface area (Å²) in [6, 6.07) is 4.55. The lowest BCUT2D eigenvalue weighted by Crippen LogP contribution is -2.32. The maximum Gasteiger partial charge on any atom is 0.244 e. The number of rotatable bonds is 8. The average molecular weight is 302 g/mol. The van der Waals surface area contributed by atoms with Crippen molar-refractivity contribution in [3.63, 3.8) is 0 Å². The molecule has 0 saturated carbocycles. The normalized spacial score (nSPS) is 13.2. The van der Waals surface area contributed by atoms with Crippen molar-refractivity contribution in [2.45, 2.75) is 31.8 Å². The summed E-state index contributed by atoms with van der Waals surface area (Å²) in [5.41, 5.74) is 6.02. The zero-order chi connectivity index (χ0) is 15.2. The predicted octanol–water partition coefficient (Wildman–Crippen LogP) is 1.37. The smallest absolute Gasteiger partial charge is 0.244 e. The second-order valence-corrected chi connectivity index (χ2v) is 5.99. The third kappa shape index (κ3) is 4.66. The van der Waals surface area contributed by atoms with E-state index in [2.05, 4.69) is 4.72 Å². The Morgan fingerprint density at radius 2 is 2.00 bits per heavy atom. The first-order valence-electron chi connectivity index (χ1n) is 6.54. The van der Waals surface area contributed by atoms with Crippen molar-refractivity contribution in [1.29, 1.82) is 0 Å².